The van der Waals surface area contributed by atoms with E-state index in [0.29, 0.717) is 6.54 Å². The summed E-state index contributed by atoms with van der Waals surface area (Å²) in [7, 11) is 0. The molecule has 0 aliphatic rings. The van der Waals surface area contributed by atoms with Gasteiger partial charge in [0.25, 0.3) is 0 Å². The Kier molecular flexibility index (Phi) is 3.55. The van der Waals surface area contributed by atoms with E-state index in [0.717, 1.165) is 27.5 Å². The molecule has 0 fully saturated rings. The van der Waals surface area contributed by atoms with Gasteiger partial charge in [0.2, 0.25) is 0 Å². The summed E-state index contributed by atoms with van der Waals surface area (Å²) in [5.74, 6) is 0. The predicted octanol–water partition coefficient (Wildman–Crippen LogP) is 3.84. The zero-order chi connectivity index (χ0) is 12.3. The summed E-state index contributed by atoms with van der Waals surface area (Å²) in [6.45, 7) is 2.69. The van der Waals surface area contributed by atoms with E-state index in [1.54, 1.807) is 0 Å². The zero-order valence-electron chi connectivity index (χ0n) is 9.70. The SMILES string of the molecule is Cc1ccc(NCc2ccccc2N)cc1Cl. The Hall–Kier alpha value is -1.67. The third kappa shape index (κ3) is 2.92. The zero-order valence-corrected chi connectivity index (χ0v) is 10.5. The van der Waals surface area contributed by atoms with Crippen molar-refractivity contribution < 1.29 is 0 Å². The number of halogens is 1. The Morgan fingerprint density at radius 1 is 1.18 bits per heavy atom. The maximum absolute atomic E-state index is 6.06. The van der Waals surface area contributed by atoms with E-state index in [2.05, 4.69) is 5.32 Å². The topological polar surface area (TPSA) is 38.0 Å². The maximum atomic E-state index is 6.06. The van der Waals surface area contributed by atoms with Crippen LogP contribution in [-0.4, -0.2) is 0 Å². The van der Waals surface area contributed by atoms with Gasteiger partial charge in [0.1, 0.15) is 0 Å². The lowest BCUT2D eigenvalue weighted by molar-refractivity contribution is 1.15. The minimum Gasteiger partial charge on any atom is -0.398 e. The normalized spacial score (nSPS) is 10.2. The first-order chi connectivity index (χ1) is 8.16. The molecule has 17 heavy (non-hydrogen) atoms. The van der Waals surface area contributed by atoms with Gasteiger partial charge in [-0.15, -0.1) is 0 Å². The smallest absolute Gasteiger partial charge is 0.0455 e. The lowest BCUT2D eigenvalue weighted by Crippen LogP contribution is -2.02. The van der Waals surface area contributed by atoms with Crippen LogP contribution in [0, 0.1) is 6.92 Å². The molecule has 0 aliphatic heterocycles. The second-order valence-corrected chi connectivity index (χ2v) is 4.42. The number of para-hydroxylation sites is 1. The quantitative estimate of drug-likeness (QED) is 0.808. The highest BCUT2D eigenvalue weighted by Crippen LogP contribution is 2.21. The van der Waals surface area contributed by atoms with Gasteiger partial charge >= 0.3 is 0 Å². The van der Waals surface area contributed by atoms with Crippen molar-refractivity contribution >= 4 is 23.0 Å². The molecule has 0 heterocycles. The highest BCUT2D eigenvalue weighted by Gasteiger charge is 2.00. The van der Waals surface area contributed by atoms with Crippen LogP contribution in [0.25, 0.3) is 0 Å². The minimum absolute atomic E-state index is 0.700. The first kappa shape index (κ1) is 11.8. The Labute approximate surface area is 106 Å². The molecule has 0 amide bonds. The van der Waals surface area contributed by atoms with Crippen LogP contribution >= 0.6 is 11.6 Å². The fourth-order valence-electron chi connectivity index (χ4n) is 1.60. The fourth-order valence-corrected chi connectivity index (χ4v) is 1.78. The van der Waals surface area contributed by atoms with Gasteiger partial charge in [0.15, 0.2) is 0 Å². The van der Waals surface area contributed by atoms with Gasteiger partial charge in [-0.1, -0.05) is 35.9 Å². The molecule has 0 aromatic heterocycles. The lowest BCUT2D eigenvalue weighted by atomic mass is 10.1. The summed E-state index contributed by atoms with van der Waals surface area (Å²) >= 11 is 6.06. The van der Waals surface area contributed by atoms with Gasteiger partial charge in [-0.05, 0) is 36.2 Å². The first-order valence-corrected chi connectivity index (χ1v) is 5.88. The van der Waals surface area contributed by atoms with Crippen LogP contribution in [0.5, 0.6) is 0 Å². The Bertz CT molecular complexity index is 523. The minimum atomic E-state index is 0.700. The third-order valence-corrected chi connectivity index (χ3v) is 3.12. The molecule has 3 heteroatoms. The molecule has 2 rings (SSSR count). The average molecular weight is 247 g/mol. The summed E-state index contributed by atoms with van der Waals surface area (Å²) in [5.41, 5.74) is 9.85. The molecule has 0 unspecified atom stereocenters. The Morgan fingerprint density at radius 2 is 1.94 bits per heavy atom. The molecule has 88 valence electrons. The van der Waals surface area contributed by atoms with Crippen molar-refractivity contribution in [3.63, 3.8) is 0 Å². The van der Waals surface area contributed by atoms with Crippen molar-refractivity contribution in [2.24, 2.45) is 0 Å². The van der Waals surface area contributed by atoms with Crippen molar-refractivity contribution in [1.29, 1.82) is 0 Å². The summed E-state index contributed by atoms with van der Waals surface area (Å²) < 4.78 is 0. The number of nitrogen functional groups attached to an aromatic ring is 1. The molecule has 2 aromatic carbocycles. The number of nitrogens with one attached hydrogen (secondary N) is 1. The summed E-state index contributed by atoms with van der Waals surface area (Å²) in [4.78, 5) is 0. The molecule has 0 radical (unpaired) electrons. The molecule has 0 spiro atoms. The van der Waals surface area contributed by atoms with E-state index in [1.807, 2.05) is 49.4 Å². The Morgan fingerprint density at radius 3 is 2.65 bits per heavy atom. The number of aryl methyl sites for hydroxylation is 1. The van der Waals surface area contributed by atoms with Crippen LogP contribution in [0.1, 0.15) is 11.1 Å². The molecule has 2 nitrogen and oxygen atoms in total. The van der Waals surface area contributed by atoms with Crippen LogP contribution in [0.15, 0.2) is 42.5 Å². The van der Waals surface area contributed by atoms with Gasteiger partial charge < -0.3 is 11.1 Å². The van der Waals surface area contributed by atoms with Crippen molar-refractivity contribution in [2.45, 2.75) is 13.5 Å². The highest BCUT2D eigenvalue weighted by atomic mass is 35.5. The Balaban J connectivity index is 2.08. The summed E-state index contributed by atoms with van der Waals surface area (Å²) in [5, 5.41) is 4.08. The van der Waals surface area contributed by atoms with E-state index in [-0.39, 0.29) is 0 Å². The van der Waals surface area contributed by atoms with E-state index >= 15 is 0 Å². The van der Waals surface area contributed by atoms with Gasteiger partial charge in [-0.2, -0.15) is 0 Å². The number of hydrogen-bond donors (Lipinski definition) is 2. The number of nitrogens with two attached hydrogens (primary N) is 1. The monoisotopic (exact) mass is 246 g/mol. The molecule has 0 saturated carbocycles. The maximum Gasteiger partial charge on any atom is 0.0455 e. The van der Waals surface area contributed by atoms with Gasteiger partial charge in [-0.25, -0.2) is 0 Å². The first-order valence-electron chi connectivity index (χ1n) is 5.50. The second-order valence-electron chi connectivity index (χ2n) is 4.02. The molecule has 0 saturated heterocycles. The molecular weight excluding hydrogens is 232 g/mol. The number of hydrogen-bond acceptors (Lipinski definition) is 2. The average Bonchev–Trinajstić information content (AvgIpc) is 2.32. The van der Waals surface area contributed by atoms with E-state index in [9.17, 15) is 0 Å². The fraction of sp³-hybridized carbons (Fsp3) is 0.143. The molecule has 3 N–H and O–H groups in total. The van der Waals surface area contributed by atoms with Crippen LogP contribution in [0.3, 0.4) is 0 Å². The van der Waals surface area contributed by atoms with Crippen LogP contribution < -0.4 is 11.1 Å². The standard InChI is InChI=1S/C14H15ClN2/c1-10-6-7-12(8-13(10)15)17-9-11-4-2-3-5-14(11)16/h2-8,17H,9,16H2,1H3. The predicted molar refractivity (Wildman–Crippen MR) is 74.4 cm³/mol. The number of benzene rings is 2. The third-order valence-electron chi connectivity index (χ3n) is 2.71. The van der Waals surface area contributed by atoms with E-state index in [4.69, 9.17) is 17.3 Å². The molecule has 2 aromatic rings. The molecule has 0 aliphatic carbocycles. The van der Waals surface area contributed by atoms with Crippen LogP contribution in [0.2, 0.25) is 5.02 Å². The van der Waals surface area contributed by atoms with Crippen molar-refractivity contribution in [3.05, 3.63) is 58.6 Å². The largest absolute Gasteiger partial charge is 0.398 e. The number of rotatable bonds is 3. The molecular formula is C14H15ClN2. The summed E-state index contributed by atoms with van der Waals surface area (Å²) in [6.07, 6.45) is 0. The van der Waals surface area contributed by atoms with Gasteiger partial charge in [-0.3, -0.25) is 0 Å². The van der Waals surface area contributed by atoms with E-state index in [1.165, 1.54) is 0 Å². The second kappa shape index (κ2) is 5.11. The molecule has 0 atom stereocenters. The lowest BCUT2D eigenvalue weighted by Gasteiger charge is -2.09. The summed E-state index contributed by atoms with van der Waals surface area (Å²) in [6, 6.07) is 13.8. The van der Waals surface area contributed by atoms with Crippen molar-refractivity contribution in [2.75, 3.05) is 11.1 Å². The number of anilines is 2. The van der Waals surface area contributed by atoms with Gasteiger partial charge in [0, 0.05) is 22.9 Å². The van der Waals surface area contributed by atoms with Gasteiger partial charge in [0.05, 0.1) is 0 Å². The van der Waals surface area contributed by atoms with Crippen LogP contribution in [-0.2, 0) is 6.54 Å². The van der Waals surface area contributed by atoms with E-state index < -0.39 is 0 Å². The highest BCUT2D eigenvalue weighted by molar-refractivity contribution is 6.31. The van der Waals surface area contributed by atoms with Crippen molar-refractivity contribution in [3.8, 4) is 0 Å². The van der Waals surface area contributed by atoms with Crippen molar-refractivity contribution in [1.82, 2.24) is 0 Å². The molecule has 0 bridgehead atoms. The van der Waals surface area contributed by atoms with Crippen LogP contribution in [0.4, 0.5) is 11.4 Å².